The zero-order valence-electron chi connectivity index (χ0n) is 22.7. The van der Waals surface area contributed by atoms with Crippen LogP contribution in [0, 0.1) is 56.3 Å². The third kappa shape index (κ3) is 22.9. The minimum atomic E-state index is -0.266. The smallest absolute Gasteiger partial charge is 0.333 e. The van der Waals surface area contributed by atoms with Crippen molar-refractivity contribution in [3.63, 3.8) is 0 Å². The molecule has 0 aliphatic rings. The summed E-state index contributed by atoms with van der Waals surface area (Å²) in [5.41, 5.74) is 0. The van der Waals surface area contributed by atoms with Crippen LogP contribution in [0.4, 0.5) is 0 Å². The Morgan fingerprint density at radius 3 is 0.647 bits per heavy atom. The van der Waals surface area contributed by atoms with Gasteiger partial charge in [0.2, 0.25) is 0 Å². The molecule has 0 spiro atoms. The van der Waals surface area contributed by atoms with Crippen molar-refractivity contribution in [3.8, 4) is 0 Å². The molecule has 0 saturated heterocycles. The Morgan fingerprint density at radius 1 is 0.412 bits per heavy atom. The molecular formula is C27H45O6Y. The van der Waals surface area contributed by atoms with Gasteiger partial charge in [0.25, 0.3) is 0 Å². The van der Waals surface area contributed by atoms with Crippen LogP contribution < -0.4 is 0 Å². The molecular weight excluding hydrogens is 509 g/mol. The second kappa shape index (κ2) is 21.4. The molecule has 0 bridgehead atoms. The van der Waals surface area contributed by atoms with Gasteiger partial charge in [-0.2, -0.15) is 0 Å². The Kier molecular flexibility index (Phi) is 25.4. The second-order valence-electron chi connectivity index (χ2n) is 9.50. The third-order valence-corrected chi connectivity index (χ3v) is 4.63. The maximum atomic E-state index is 11.0. The van der Waals surface area contributed by atoms with Gasteiger partial charge in [-0.1, -0.05) is 62.3 Å². The standard InChI is InChI=1S/3C9H15O2.Y/c3*1-6(2)8(10)5-9(11)7(3)4;/h3*6-7H,1,5H2,2-4H3;/q3*-1;+3. The van der Waals surface area contributed by atoms with Crippen molar-refractivity contribution >= 4 is 34.7 Å². The largest absolute Gasteiger partial charge is 3.00 e. The number of hydrogen-bond acceptors (Lipinski definition) is 6. The molecule has 34 heavy (non-hydrogen) atoms. The molecule has 3 atom stereocenters. The first kappa shape index (κ1) is 40.3. The van der Waals surface area contributed by atoms with Crippen LogP contribution >= 0.6 is 0 Å². The summed E-state index contributed by atoms with van der Waals surface area (Å²) in [7, 11) is 0. The maximum Gasteiger partial charge on any atom is 3.00 e. The summed E-state index contributed by atoms with van der Waals surface area (Å²) in [5, 5.41) is 0. The van der Waals surface area contributed by atoms with E-state index in [9.17, 15) is 28.8 Å². The molecule has 0 aromatic rings. The summed E-state index contributed by atoms with van der Waals surface area (Å²) >= 11 is 0. The van der Waals surface area contributed by atoms with E-state index < -0.39 is 0 Å². The zero-order chi connectivity index (χ0) is 27.0. The van der Waals surface area contributed by atoms with Gasteiger partial charge < -0.3 is 35.2 Å². The monoisotopic (exact) mass is 554 g/mol. The Morgan fingerprint density at radius 2 is 0.559 bits per heavy atom. The van der Waals surface area contributed by atoms with Crippen molar-refractivity contribution < 1.29 is 61.5 Å². The predicted molar refractivity (Wildman–Crippen MR) is 132 cm³/mol. The van der Waals surface area contributed by atoms with Gasteiger partial charge in [0.15, 0.2) is 0 Å². The van der Waals surface area contributed by atoms with Crippen molar-refractivity contribution in [3.05, 3.63) is 20.8 Å². The number of carbonyl (C=O) groups is 6. The fourth-order valence-electron chi connectivity index (χ4n) is 1.65. The van der Waals surface area contributed by atoms with Crippen molar-refractivity contribution in [1.82, 2.24) is 0 Å². The van der Waals surface area contributed by atoms with Crippen molar-refractivity contribution in [2.75, 3.05) is 0 Å². The van der Waals surface area contributed by atoms with Crippen LogP contribution in [0.1, 0.15) is 81.6 Å². The van der Waals surface area contributed by atoms with E-state index >= 15 is 0 Å². The van der Waals surface area contributed by atoms with E-state index in [1.807, 2.05) is 0 Å². The number of Topliss-reactive ketones (excluding diaryl/α,β-unsaturated/α-hetero) is 6. The number of carbonyl (C=O) groups excluding carboxylic acids is 6. The second-order valence-corrected chi connectivity index (χ2v) is 9.50. The van der Waals surface area contributed by atoms with Crippen LogP contribution in [0.25, 0.3) is 0 Å². The van der Waals surface area contributed by atoms with Crippen LogP contribution in [-0.4, -0.2) is 34.7 Å². The number of hydrogen-bond donors (Lipinski definition) is 0. The summed E-state index contributed by atoms with van der Waals surface area (Å²) in [6.45, 7) is 26.5. The molecule has 0 radical (unpaired) electrons. The van der Waals surface area contributed by atoms with Gasteiger partial charge in [-0.15, -0.1) is 17.8 Å². The molecule has 3 unspecified atom stereocenters. The molecule has 0 saturated carbocycles. The normalized spacial score (nSPS) is 12.8. The summed E-state index contributed by atoms with van der Waals surface area (Å²) in [5.74, 6) is -1.11. The predicted octanol–water partition coefficient (Wildman–Crippen LogP) is 4.92. The first-order chi connectivity index (χ1) is 14.8. The van der Waals surface area contributed by atoms with Crippen LogP contribution in [0.3, 0.4) is 0 Å². The molecule has 0 aromatic heterocycles. The van der Waals surface area contributed by atoms with E-state index in [-0.39, 0.29) is 122 Å². The number of rotatable bonds is 12. The van der Waals surface area contributed by atoms with Crippen LogP contribution in [0.15, 0.2) is 0 Å². The Hall–Kier alpha value is -0.876. The molecule has 0 aliphatic carbocycles. The molecule has 0 rings (SSSR count). The zero-order valence-corrected chi connectivity index (χ0v) is 25.6. The van der Waals surface area contributed by atoms with E-state index in [0.29, 0.717) is 0 Å². The van der Waals surface area contributed by atoms with Gasteiger partial charge in [0, 0.05) is 17.8 Å². The molecule has 0 amide bonds. The molecule has 0 fully saturated rings. The van der Waals surface area contributed by atoms with E-state index in [0.717, 1.165) is 0 Å². The summed E-state index contributed by atoms with van der Waals surface area (Å²) < 4.78 is 0. The summed E-state index contributed by atoms with van der Waals surface area (Å²) in [6, 6.07) is 0. The van der Waals surface area contributed by atoms with Gasteiger partial charge in [0.1, 0.15) is 34.7 Å². The average Bonchev–Trinajstić information content (AvgIpc) is 2.67. The maximum absolute atomic E-state index is 11.0. The molecule has 7 heteroatoms. The first-order valence-corrected chi connectivity index (χ1v) is 11.5. The minimum Gasteiger partial charge on any atom is -0.333 e. The van der Waals surface area contributed by atoms with Crippen molar-refractivity contribution in [1.29, 1.82) is 0 Å². The number of ketones is 6. The Balaban J connectivity index is -0.000000196. The van der Waals surface area contributed by atoms with Crippen LogP contribution in [0.2, 0.25) is 0 Å². The van der Waals surface area contributed by atoms with Gasteiger partial charge in [-0.05, 0) is 0 Å². The van der Waals surface area contributed by atoms with E-state index in [1.54, 1.807) is 62.3 Å². The van der Waals surface area contributed by atoms with E-state index in [4.69, 9.17) is 0 Å². The molecule has 0 aromatic carbocycles. The fraction of sp³-hybridized carbons (Fsp3) is 0.667. The van der Waals surface area contributed by atoms with Crippen LogP contribution in [-0.2, 0) is 61.5 Å². The van der Waals surface area contributed by atoms with E-state index in [1.165, 1.54) is 0 Å². The molecule has 0 aliphatic heterocycles. The summed E-state index contributed by atoms with van der Waals surface area (Å²) in [4.78, 5) is 66.0. The quantitative estimate of drug-likeness (QED) is 0.251. The van der Waals surface area contributed by atoms with Crippen molar-refractivity contribution in [2.24, 2.45) is 35.5 Å². The Labute approximate surface area is 233 Å². The molecule has 0 N–H and O–H groups in total. The first-order valence-electron chi connectivity index (χ1n) is 11.5. The van der Waals surface area contributed by atoms with Crippen LogP contribution in [0.5, 0.6) is 0 Å². The SMILES string of the molecule is [CH2-]C(C)C(=O)CC(=O)C(C)C.[CH2-]C(C)C(=O)CC(=O)C(C)C.[CH2-]C(C)C(=O)CC(=O)C(C)C.[Y+3]. The minimum absolute atomic E-state index is 0. The molecule has 192 valence electrons. The third-order valence-electron chi connectivity index (χ3n) is 4.63. The molecule has 0 heterocycles. The average molecular weight is 555 g/mol. The molecule has 6 nitrogen and oxygen atoms in total. The Bertz CT molecular complexity index is 514. The van der Waals surface area contributed by atoms with Gasteiger partial charge in [-0.3, -0.25) is 14.4 Å². The van der Waals surface area contributed by atoms with Gasteiger partial charge in [-0.25, -0.2) is 0 Å². The fourth-order valence-corrected chi connectivity index (χ4v) is 1.65. The van der Waals surface area contributed by atoms with Crippen molar-refractivity contribution in [2.45, 2.75) is 81.6 Å². The van der Waals surface area contributed by atoms with Gasteiger partial charge >= 0.3 is 32.7 Å². The van der Waals surface area contributed by atoms with Gasteiger partial charge in [0.05, 0.1) is 19.3 Å². The summed E-state index contributed by atoms with van der Waals surface area (Å²) in [6.07, 6.45) is 0.132. The van der Waals surface area contributed by atoms with E-state index in [2.05, 4.69) is 20.8 Å². The topological polar surface area (TPSA) is 102 Å².